The zero-order valence-electron chi connectivity index (χ0n) is 12.9. The van der Waals surface area contributed by atoms with Gasteiger partial charge in [-0.15, -0.1) is 0 Å². The number of hydrogen-bond acceptors (Lipinski definition) is 6. The number of halogens is 1. The lowest BCUT2D eigenvalue weighted by Crippen LogP contribution is -2.35. The Labute approximate surface area is 136 Å². The number of anilines is 1. The predicted octanol–water partition coefficient (Wildman–Crippen LogP) is 3.00. The average Bonchev–Trinajstić information content (AvgIpc) is 2.36. The summed E-state index contributed by atoms with van der Waals surface area (Å²) in [6.45, 7) is 7.72. The van der Waals surface area contributed by atoms with Crippen molar-refractivity contribution >= 4 is 33.5 Å². The molecule has 0 unspecified atom stereocenters. The number of ether oxygens (including phenoxy) is 1. The summed E-state index contributed by atoms with van der Waals surface area (Å²) >= 11 is 3.28. The van der Waals surface area contributed by atoms with Crippen molar-refractivity contribution in [3.8, 4) is 0 Å². The highest BCUT2D eigenvalue weighted by Gasteiger charge is 2.17. The van der Waals surface area contributed by atoms with Crippen molar-refractivity contribution in [2.45, 2.75) is 33.3 Å². The zero-order chi connectivity index (χ0) is 16.9. The first-order chi connectivity index (χ1) is 10.1. The van der Waals surface area contributed by atoms with Crippen LogP contribution in [0.25, 0.3) is 0 Å². The molecule has 1 aromatic heterocycles. The van der Waals surface area contributed by atoms with Crippen LogP contribution in [-0.4, -0.2) is 34.7 Å². The third-order valence-electron chi connectivity index (χ3n) is 2.52. The molecule has 0 spiro atoms. The minimum absolute atomic E-state index is 0.0516. The van der Waals surface area contributed by atoms with E-state index < -0.39 is 16.6 Å². The maximum absolute atomic E-state index is 11.4. The van der Waals surface area contributed by atoms with Gasteiger partial charge >= 0.3 is 6.09 Å². The molecule has 122 valence electrons. The summed E-state index contributed by atoms with van der Waals surface area (Å²) in [5, 5.41) is 16.4. The lowest BCUT2D eigenvalue weighted by atomic mass is 10.2. The SMILES string of the molecule is Cc1c([N+](=O)[O-])cnc(NCCNC(=O)OC(C)(C)C)c1Br. The van der Waals surface area contributed by atoms with Gasteiger partial charge in [0.2, 0.25) is 0 Å². The van der Waals surface area contributed by atoms with E-state index in [1.54, 1.807) is 27.7 Å². The fourth-order valence-corrected chi connectivity index (χ4v) is 1.98. The lowest BCUT2D eigenvalue weighted by molar-refractivity contribution is -0.385. The summed E-state index contributed by atoms with van der Waals surface area (Å²) in [6, 6.07) is 0. The molecule has 8 nitrogen and oxygen atoms in total. The minimum atomic E-state index is -0.544. The molecule has 0 aliphatic carbocycles. The van der Waals surface area contributed by atoms with Gasteiger partial charge in [0.05, 0.1) is 9.40 Å². The van der Waals surface area contributed by atoms with E-state index in [9.17, 15) is 14.9 Å². The quantitative estimate of drug-likeness (QED) is 0.466. The van der Waals surface area contributed by atoms with Gasteiger partial charge in [0, 0.05) is 18.7 Å². The predicted molar refractivity (Wildman–Crippen MR) is 86.1 cm³/mol. The molecule has 0 aliphatic heterocycles. The van der Waals surface area contributed by atoms with Crippen LogP contribution in [0.2, 0.25) is 0 Å². The normalized spacial score (nSPS) is 11.0. The molecule has 0 saturated heterocycles. The Kier molecular flexibility index (Phi) is 6.10. The standard InChI is InChI=1S/C13H19BrN4O4/c1-8-9(18(20)21)7-17-11(10(8)14)15-5-6-16-12(19)22-13(2,3)4/h7H,5-6H2,1-4H3,(H,15,17)(H,16,19). The summed E-state index contributed by atoms with van der Waals surface area (Å²) in [6.07, 6.45) is 0.699. The van der Waals surface area contributed by atoms with E-state index in [2.05, 4.69) is 31.5 Å². The Morgan fingerprint density at radius 3 is 2.64 bits per heavy atom. The van der Waals surface area contributed by atoms with E-state index in [1.807, 2.05) is 0 Å². The second kappa shape index (κ2) is 7.39. The molecule has 1 heterocycles. The Morgan fingerprint density at radius 2 is 2.09 bits per heavy atom. The summed E-state index contributed by atoms with van der Waals surface area (Å²) in [7, 11) is 0. The monoisotopic (exact) mass is 374 g/mol. The molecule has 0 saturated carbocycles. The second-order valence-electron chi connectivity index (χ2n) is 5.54. The van der Waals surface area contributed by atoms with Gasteiger partial charge in [-0.2, -0.15) is 0 Å². The van der Waals surface area contributed by atoms with Gasteiger partial charge in [-0.05, 0) is 43.6 Å². The molecule has 22 heavy (non-hydrogen) atoms. The maximum atomic E-state index is 11.4. The number of nitrogens with zero attached hydrogens (tertiary/aromatic N) is 2. The topological polar surface area (TPSA) is 106 Å². The second-order valence-corrected chi connectivity index (χ2v) is 6.34. The van der Waals surface area contributed by atoms with Crippen molar-refractivity contribution in [3.63, 3.8) is 0 Å². The Morgan fingerprint density at radius 1 is 1.45 bits per heavy atom. The first kappa shape index (κ1) is 18.1. The van der Waals surface area contributed by atoms with E-state index in [0.29, 0.717) is 28.9 Å². The van der Waals surface area contributed by atoms with Crippen LogP contribution in [0, 0.1) is 17.0 Å². The van der Waals surface area contributed by atoms with Crippen LogP contribution < -0.4 is 10.6 Å². The van der Waals surface area contributed by atoms with Gasteiger partial charge in [-0.25, -0.2) is 9.78 Å². The van der Waals surface area contributed by atoms with Crippen LogP contribution in [-0.2, 0) is 4.74 Å². The number of nitro groups is 1. The number of nitrogens with one attached hydrogen (secondary N) is 2. The molecule has 2 N–H and O–H groups in total. The molecule has 1 amide bonds. The first-order valence-corrected chi connectivity index (χ1v) is 7.41. The largest absolute Gasteiger partial charge is 0.444 e. The lowest BCUT2D eigenvalue weighted by Gasteiger charge is -2.19. The summed E-state index contributed by atoms with van der Waals surface area (Å²) < 4.78 is 5.62. The fourth-order valence-electron chi connectivity index (χ4n) is 1.54. The number of hydrogen-bond donors (Lipinski definition) is 2. The van der Waals surface area contributed by atoms with Crippen LogP contribution in [0.15, 0.2) is 10.7 Å². The van der Waals surface area contributed by atoms with E-state index in [1.165, 1.54) is 6.20 Å². The highest BCUT2D eigenvalue weighted by atomic mass is 79.9. The van der Waals surface area contributed by atoms with Gasteiger partial charge in [0.15, 0.2) is 0 Å². The Bertz CT molecular complexity index is 572. The number of pyridine rings is 1. The van der Waals surface area contributed by atoms with Crippen molar-refractivity contribution in [2.24, 2.45) is 0 Å². The zero-order valence-corrected chi connectivity index (χ0v) is 14.5. The van der Waals surface area contributed by atoms with E-state index >= 15 is 0 Å². The molecule has 0 radical (unpaired) electrons. The number of amides is 1. The smallest absolute Gasteiger partial charge is 0.407 e. The van der Waals surface area contributed by atoms with Gasteiger partial charge in [0.1, 0.15) is 17.6 Å². The third-order valence-corrected chi connectivity index (χ3v) is 3.49. The van der Waals surface area contributed by atoms with Crippen LogP contribution in [0.4, 0.5) is 16.3 Å². The van der Waals surface area contributed by atoms with Crippen molar-refractivity contribution in [2.75, 3.05) is 18.4 Å². The summed E-state index contributed by atoms with van der Waals surface area (Å²) in [4.78, 5) is 25.8. The molecule has 0 aromatic carbocycles. The molecular formula is C13H19BrN4O4. The molecular weight excluding hydrogens is 356 g/mol. The highest BCUT2D eigenvalue weighted by Crippen LogP contribution is 2.30. The molecule has 1 rings (SSSR count). The van der Waals surface area contributed by atoms with Crippen molar-refractivity contribution < 1.29 is 14.5 Å². The molecule has 0 aliphatic rings. The minimum Gasteiger partial charge on any atom is -0.444 e. The van der Waals surface area contributed by atoms with Gasteiger partial charge in [-0.3, -0.25) is 10.1 Å². The Hall–Kier alpha value is -1.90. The Balaban J connectivity index is 2.51. The van der Waals surface area contributed by atoms with Crippen molar-refractivity contribution in [1.29, 1.82) is 0 Å². The van der Waals surface area contributed by atoms with E-state index in [4.69, 9.17) is 4.74 Å². The van der Waals surface area contributed by atoms with Crippen LogP contribution in [0.5, 0.6) is 0 Å². The molecule has 0 atom stereocenters. The van der Waals surface area contributed by atoms with Gasteiger partial charge in [-0.1, -0.05) is 0 Å². The van der Waals surface area contributed by atoms with Crippen LogP contribution in [0.3, 0.4) is 0 Å². The summed E-state index contributed by atoms with van der Waals surface area (Å²) in [5.74, 6) is 0.481. The van der Waals surface area contributed by atoms with Gasteiger partial charge in [0.25, 0.3) is 5.69 Å². The van der Waals surface area contributed by atoms with Crippen molar-refractivity contribution in [1.82, 2.24) is 10.3 Å². The number of aromatic nitrogens is 1. The summed E-state index contributed by atoms with van der Waals surface area (Å²) in [5.41, 5.74) is -0.107. The molecule has 9 heteroatoms. The molecule has 0 fully saturated rings. The number of alkyl carbamates (subject to hydrolysis) is 1. The third kappa shape index (κ3) is 5.47. The first-order valence-electron chi connectivity index (χ1n) is 6.62. The van der Waals surface area contributed by atoms with E-state index in [-0.39, 0.29) is 5.69 Å². The highest BCUT2D eigenvalue weighted by molar-refractivity contribution is 9.10. The number of carbonyl (C=O) groups is 1. The molecule has 1 aromatic rings. The fraction of sp³-hybridized carbons (Fsp3) is 0.538. The van der Waals surface area contributed by atoms with Crippen LogP contribution in [0.1, 0.15) is 26.3 Å². The van der Waals surface area contributed by atoms with E-state index in [0.717, 1.165) is 0 Å². The number of carbonyl (C=O) groups excluding carboxylic acids is 1. The van der Waals surface area contributed by atoms with Gasteiger partial charge < -0.3 is 15.4 Å². The van der Waals surface area contributed by atoms with Crippen LogP contribution >= 0.6 is 15.9 Å². The average molecular weight is 375 g/mol. The van der Waals surface area contributed by atoms with Crippen molar-refractivity contribution in [3.05, 3.63) is 26.3 Å². The number of rotatable bonds is 5. The molecule has 0 bridgehead atoms. The maximum Gasteiger partial charge on any atom is 0.407 e.